The molecule has 2 fully saturated rings. The largest absolute Gasteiger partial charge is 0.426 e. The van der Waals surface area contributed by atoms with Gasteiger partial charge in [0.1, 0.15) is 36.1 Å². The number of ether oxygens (including phenoxy) is 3. The first kappa shape index (κ1) is 25.1. The number of nitrogens with zero attached hydrogens (tertiary/aromatic N) is 4. The first-order valence-electron chi connectivity index (χ1n) is 10.7. The van der Waals surface area contributed by atoms with E-state index in [1.165, 1.54) is 11.2 Å². The Morgan fingerprint density at radius 1 is 1.31 bits per heavy atom. The van der Waals surface area contributed by atoms with Gasteiger partial charge in [0.25, 0.3) is 0 Å². The van der Waals surface area contributed by atoms with Crippen molar-refractivity contribution in [2.24, 2.45) is 5.14 Å². The Bertz CT molecular complexity index is 1310. The zero-order valence-corrected chi connectivity index (χ0v) is 20.8. The number of anilines is 1. The standard InChI is InChI=1S/C21H28N6O7S/c1-7-11-8-26(17-13(11)16(22)24-10-25-17)18-15-14(32-21(5,6)33-15)12(31-18)9-27(20(2,3)4)19(28)34-35(23,29)30/h1,8,10,12,14-15,18H,9H2,2-6H3,(H2,22,24,25)(H2,23,29,30)/t12-,14-,15-,18-/m1/s1. The molecule has 4 heterocycles. The Morgan fingerprint density at radius 3 is 2.57 bits per heavy atom. The molecule has 0 bridgehead atoms. The molecule has 2 aromatic rings. The van der Waals surface area contributed by atoms with Gasteiger partial charge in [-0.05, 0) is 34.6 Å². The molecule has 14 heteroatoms. The zero-order valence-electron chi connectivity index (χ0n) is 20.0. The number of carbonyl (C=O) groups excluding carboxylic acids is 1. The van der Waals surface area contributed by atoms with Crippen molar-refractivity contribution in [3.63, 3.8) is 0 Å². The highest BCUT2D eigenvalue weighted by molar-refractivity contribution is 7.84. The van der Waals surface area contributed by atoms with Crippen LogP contribution < -0.4 is 10.9 Å². The van der Waals surface area contributed by atoms with E-state index in [4.69, 9.17) is 31.5 Å². The monoisotopic (exact) mass is 508 g/mol. The molecule has 0 radical (unpaired) electrons. The van der Waals surface area contributed by atoms with Crippen LogP contribution in [0.5, 0.6) is 0 Å². The summed E-state index contributed by atoms with van der Waals surface area (Å²) in [5.74, 6) is 1.86. The fourth-order valence-electron chi connectivity index (χ4n) is 4.39. The summed E-state index contributed by atoms with van der Waals surface area (Å²) in [4.78, 5) is 22.2. The summed E-state index contributed by atoms with van der Waals surface area (Å²) in [5, 5.41) is 5.41. The predicted molar refractivity (Wildman–Crippen MR) is 124 cm³/mol. The molecule has 2 aliphatic rings. The van der Waals surface area contributed by atoms with Gasteiger partial charge in [0.2, 0.25) is 0 Å². The molecule has 35 heavy (non-hydrogen) atoms. The minimum atomic E-state index is -4.52. The highest BCUT2D eigenvalue weighted by atomic mass is 32.2. The Balaban J connectivity index is 1.72. The number of carbonyl (C=O) groups is 1. The van der Waals surface area contributed by atoms with Crippen LogP contribution in [0.4, 0.5) is 10.6 Å². The van der Waals surface area contributed by atoms with Crippen LogP contribution in [0.2, 0.25) is 0 Å². The maximum Gasteiger partial charge on any atom is 0.426 e. The molecule has 0 aliphatic carbocycles. The van der Waals surface area contributed by atoms with Crippen LogP contribution in [-0.2, 0) is 28.7 Å². The second-order valence-corrected chi connectivity index (χ2v) is 11.0. The molecule has 2 aliphatic heterocycles. The number of hydrogen-bond donors (Lipinski definition) is 2. The third kappa shape index (κ3) is 4.78. The molecule has 13 nitrogen and oxygen atoms in total. The summed E-state index contributed by atoms with van der Waals surface area (Å²) in [6.07, 6.45) is 4.83. The van der Waals surface area contributed by atoms with Crippen LogP contribution in [0.3, 0.4) is 0 Å². The Kier molecular flexibility index (Phi) is 5.97. The maximum absolute atomic E-state index is 12.7. The molecule has 0 saturated carbocycles. The third-order valence-corrected chi connectivity index (χ3v) is 6.15. The van der Waals surface area contributed by atoms with Crippen molar-refractivity contribution in [3.8, 4) is 12.3 Å². The molecule has 4 N–H and O–H groups in total. The summed E-state index contributed by atoms with van der Waals surface area (Å²) in [7, 11) is -4.52. The Hall–Kier alpha value is -2.96. The van der Waals surface area contributed by atoms with Crippen LogP contribution in [0, 0.1) is 12.3 Å². The molecule has 0 spiro atoms. The lowest BCUT2D eigenvalue weighted by Crippen LogP contribution is -2.52. The smallest absolute Gasteiger partial charge is 0.383 e. The highest BCUT2D eigenvalue weighted by Crippen LogP contribution is 2.45. The van der Waals surface area contributed by atoms with E-state index in [2.05, 4.69) is 20.1 Å². The second-order valence-electron chi connectivity index (χ2n) is 9.81. The molecule has 0 aromatic carbocycles. The number of nitrogens with two attached hydrogens (primary N) is 2. The van der Waals surface area contributed by atoms with E-state index in [-0.39, 0.29) is 12.4 Å². The minimum Gasteiger partial charge on any atom is -0.383 e. The maximum atomic E-state index is 12.7. The fraction of sp³-hybridized carbons (Fsp3) is 0.571. The number of nitrogen functional groups attached to an aromatic ring is 1. The molecule has 0 unspecified atom stereocenters. The van der Waals surface area contributed by atoms with Gasteiger partial charge in [0.05, 0.1) is 17.5 Å². The highest BCUT2D eigenvalue weighted by Gasteiger charge is 2.57. The van der Waals surface area contributed by atoms with Gasteiger partial charge in [-0.15, -0.1) is 6.42 Å². The number of amides is 1. The van der Waals surface area contributed by atoms with Gasteiger partial charge in [0.15, 0.2) is 12.0 Å². The van der Waals surface area contributed by atoms with Gasteiger partial charge in [-0.2, -0.15) is 13.6 Å². The normalized spacial score (nSPS) is 25.9. The Labute approximate surface area is 202 Å². The van der Waals surface area contributed by atoms with E-state index < -0.39 is 52.3 Å². The average Bonchev–Trinajstić information content (AvgIpc) is 3.33. The van der Waals surface area contributed by atoms with Crippen molar-refractivity contribution in [1.29, 1.82) is 0 Å². The number of terminal acetylenes is 1. The van der Waals surface area contributed by atoms with Crippen LogP contribution in [0.1, 0.15) is 46.4 Å². The fourth-order valence-corrected chi connectivity index (χ4v) is 4.68. The van der Waals surface area contributed by atoms with E-state index in [1.807, 2.05) is 0 Å². The van der Waals surface area contributed by atoms with Gasteiger partial charge in [0, 0.05) is 11.7 Å². The number of rotatable bonds is 4. The van der Waals surface area contributed by atoms with Gasteiger partial charge in [-0.3, -0.25) is 4.90 Å². The first-order chi connectivity index (χ1) is 16.1. The molecule has 1 amide bonds. The third-order valence-electron chi connectivity index (χ3n) is 5.77. The second kappa shape index (κ2) is 8.32. The molecule has 4 atom stereocenters. The number of fused-ring (bicyclic) bond motifs is 2. The van der Waals surface area contributed by atoms with Crippen LogP contribution in [0.25, 0.3) is 11.0 Å². The number of hydrogen-bond acceptors (Lipinski definition) is 10. The summed E-state index contributed by atoms with van der Waals surface area (Å²) in [5.41, 5.74) is 6.13. The van der Waals surface area contributed by atoms with Gasteiger partial charge < -0.3 is 28.7 Å². The van der Waals surface area contributed by atoms with Gasteiger partial charge in [-0.1, -0.05) is 5.92 Å². The molecule has 2 saturated heterocycles. The quantitative estimate of drug-likeness (QED) is 0.563. The van der Waals surface area contributed by atoms with E-state index in [0.29, 0.717) is 16.6 Å². The zero-order chi connectivity index (χ0) is 25.9. The molecule has 190 valence electrons. The van der Waals surface area contributed by atoms with Crippen LogP contribution in [0.15, 0.2) is 12.5 Å². The average molecular weight is 509 g/mol. The van der Waals surface area contributed by atoms with E-state index in [9.17, 15) is 13.2 Å². The topological polar surface area (TPSA) is 174 Å². The molecular weight excluding hydrogens is 480 g/mol. The lowest BCUT2D eigenvalue weighted by atomic mass is 10.0. The Morgan fingerprint density at radius 2 is 1.97 bits per heavy atom. The number of aromatic nitrogens is 3. The minimum absolute atomic E-state index is 0.0761. The summed E-state index contributed by atoms with van der Waals surface area (Å²) >= 11 is 0. The van der Waals surface area contributed by atoms with Crippen molar-refractivity contribution in [2.75, 3.05) is 12.3 Å². The van der Waals surface area contributed by atoms with Gasteiger partial charge in [-0.25, -0.2) is 14.8 Å². The summed E-state index contributed by atoms with van der Waals surface area (Å²) in [6, 6.07) is 0. The molecular formula is C21H28N6O7S. The first-order valence-corrected chi connectivity index (χ1v) is 12.2. The lowest BCUT2D eigenvalue weighted by Gasteiger charge is -2.36. The van der Waals surface area contributed by atoms with Crippen molar-refractivity contribution in [2.45, 2.75) is 70.5 Å². The molecule has 2 aromatic heterocycles. The van der Waals surface area contributed by atoms with Crippen molar-refractivity contribution in [1.82, 2.24) is 19.4 Å². The SMILES string of the molecule is C#Cc1cn([C@@H]2O[C@H](CN(C(=O)OS(N)(=O)=O)C(C)(C)C)[C@H]3OC(C)(C)O[C@H]32)c2ncnc(N)c12. The molecule has 4 rings (SSSR count). The lowest BCUT2D eigenvalue weighted by molar-refractivity contribution is -0.198. The van der Waals surface area contributed by atoms with E-state index >= 15 is 0 Å². The predicted octanol–water partition coefficient (Wildman–Crippen LogP) is 0.853. The van der Waals surface area contributed by atoms with Crippen molar-refractivity contribution in [3.05, 3.63) is 18.1 Å². The van der Waals surface area contributed by atoms with Crippen molar-refractivity contribution < 1.29 is 31.6 Å². The van der Waals surface area contributed by atoms with Gasteiger partial charge >= 0.3 is 16.4 Å². The van der Waals surface area contributed by atoms with Crippen LogP contribution in [-0.4, -0.2) is 70.1 Å². The summed E-state index contributed by atoms with van der Waals surface area (Å²) in [6.45, 7) is 8.60. The summed E-state index contributed by atoms with van der Waals surface area (Å²) < 4.78 is 47.5. The van der Waals surface area contributed by atoms with Crippen molar-refractivity contribution >= 4 is 33.2 Å². The van der Waals surface area contributed by atoms with E-state index in [0.717, 1.165) is 0 Å². The van der Waals surface area contributed by atoms with E-state index in [1.54, 1.807) is 45.4 Å². The van der Waals surface area contributed by atoms with Crippen LogP contribution >= 0.6 is 0 Å².